The number of aromatic nitrogens is 2. The number of aryl methyl sites for hydroxylation is 1. The first kappa shape index (κ1) is 19.2. The summed E-state index contributed by atoms with van der Waals surface area (Å²) in [6, 6.07) is 15.5. The summed E-state index contributed by atoms with van der Waals surface area (Å²) >= 11 is 4.73. The second-order valence-electron chi connectivity index (χ2n) is 8.06. The van der Waals surface area contributed by atoms with Crippen LogP contribution in [0.2, 0.25) is 0 Å². The van der Waals surface area contributed by atoms with E-state index in [2.05, 4.69) is 47.6 Å². The van der Waals surface area contributed by atoms with Crippen LogP contribution in [0.5, 0.6) is 0 Å². The van der Waals surface area contributed by atoms with Crippen molar-refractivity contribution < 1.29 is 4.39 Å². The van der Waals surface area contributed by atoms with Gasteiger partial charge in [0.15, 0.2) is 5.82 Å². The Labute approximate surface area is 181 Å². The molecule has 30 heavy (non-hydrogen) atoms. The maximum atomic E-state index is 13.8. The Morgan fingerprint density at radius 3 is 2.67 bits per heavy atom. The predicted octanol–water partition coefficient (Wildman–Crippen LogP) is 5.69. The number of rotatable bonds is 3. The van der Waals surface area contributed by atoms with E-state index in [-0.39, 0.29) is 5.82 Å². The summed E-state index contributed by atoms with van der Waals surface area (Å²) in [6.07, 6.45) is 2.87. The van der Waals surface area contributed by atoms with Crippen molar-refractivity contribution in [1.29, 1.82) is 0 Å². The molecule has 3 heterocycles. The van der Waals surface area contributed by atoms with Crippen molar-refractivity contribution in [2.24, 2.45) is 0 Å². The fourth-order valence-electron chi connectivity index (χ4n) is 4.58. The van der Waals surface area contributed by atoms with E-state index in [0.717, 1.165) is 52.4 Å². The van der Waals surface area contributed by atoms with Gasteiger partial charge in [0.25, 0.3) is 0 Å². The van der Waals surface area contributed by atoms with Crippen molar-refractivity contribution in [2.45, 2.75) is 38.3 Å². The molecule has 0 atom stereocenters. The number of nitrogens with zero attached hydrogens (tertiary/aromatic N) is 3. The molecule has 2 aromatic heterocycles. The van der Waals surface area contributed by atoms with Gasteiger partial charge in [-0.05, 0) is 54.7 Å². The molecule has 5 rings (SSSR count). The van der Waals surface area contributed by atoms with Crippen molar-refractivity contribution in [3.8, 4) is 0 Å². The molecule has 5 heteroatoms. The number of halogens is 1. The Bertz CT molecular complexity index is 1260. The van der Waals surface area contributed by atoms with E-state index in [9.17, 15) is 4.39 Å². The smallest absolute Gasteiger partial charge is 0.153 e. The molecular weight excluding hydrogens is 393 g/mol. The molecule has 2 aromatic carbocycles. The number of fused-ring (bicyclic) bond motifs is 2. The number of hydrogen-bond donors (Lipinski definition) is 1. The normalized spacial score (nSPS) is 13.7. The molecule has 0 N–H and O–H groups in total. The molecule has 1 aliphatic heterocycles. The second kappa shape index (κ2) is 7.47. The molecule has 0 spiro atoms. The summed E-state index contributed by atoms with van der Waals surface area (Å²) < 4.78 is 16.1. The van der Waals surface area contributed by atoms with Gasteiger partial charge in [-0.3, -0.25) is 0 Å². The van der Waals surface area contributed by atoms with Gasteiger partial charge in [-0.1, -0.05) is 36.4 Å². The van der Waals surface area contributed by atoms with Crippen LogP contribution in [0.3, 0.4) is 0 Å². The summed E-state index contributed by atoms with van der Waals surface area (Å²) in [4.78, 5) is 8.07. The molecule has 0 fully saturated rings. The van der Waals surface area contributed by atoms with Crippen LogP contribution < -0.4 is 4.90 Å². The topological polar surface area (TPSA) is 21.1 Å². The summed E-state index contributed by atoms with van der Waals surface area (Å²) in [7, 11) is 0. The SMILES string of the molecule is Cc1c(C)n(Cc2cccc(F)c2)c2c(N3CCc4ccccc4C3)ncc(S)c12. The Morgan fingerprint density at radius 1 is 1.07 bits per heavy atom. The largest absolute Gasteiger partial charge is 0.350 e. The molecule has 0 saturated carbocycles. The van der Waals surface area contributed by atoms with Crippen molar-refractivity contribution >= 4 is 29.3 Å². The zero-order chi connectivity index (χ0) is 20.8. The van der Waals surface area contributed by atoms with Gasteiger partial charge in [0.1, 0.15) is 5.82 Å². The van der Waals surface area contributed by atoms with E-state index >= 15 is 0 Å². The molecule has 0 radical (unpaired) electrons. The number of thiol groups is 1. The third-order valence-electron chi connectivity index (χ3n) is 6.27. The Kier molecular flexibility index (Phi) is 4.78. The van der Waals surface area contributed by atoms with Crippen molar-refractivity contribution in [1.82, 2.24) is 9.55 Å². The standard InChI is InChI=1S/C25H24FN3S/c1-16-17(2)29(14-18-6-5-9-21(26)12-18)24-23(16)22(30)13-27-25(24)28-11-10-19-7-3-4-8-20(19)15-28/h3-9,12-13,30H,10-11,14-15H2,1-2H3. The highest BCUT2D eigenvalue weighted by Crippen LogP contribution is 2.37. The Morgan fingerprint density at radius 2 is 1.87 bits per heavy atom. The molecule has 152 valence electrons. The number of anilines is 1. The number of pyridine rings is 1. The van der Waals surface area contributed by atoms with Gasteiger partial charge in [-0.15, -0.1) is 12.6 Å². The average Bonchev–Trinajstić information content (AvgIpc) is 3.00. The van der Waals surface area contributed by atoms with Crippen LogP contribution in [0, 0.1) is 19.7 Å². The first-order valence-corrected chi connectivity index (χ1v) is 10.7. The van der Waals surface area contributed by atoms with E-state index < -0.39 is 0 Å². The molecule has 0 unspecified atom stereocenters. The minimum atomic E-state index is -0.209. The lowest BCUT2D eigenvalue weighted by Gasteiger charge is -2.30. The highest BCUT2D eigenvalue weighted by molar-refractivity contribution is 7.80. The Hall–Kier alpha value is -2.79. The summed E-state index contributed by atoms with van der Waals surface area (Å²) in [5, 5.41) is 1.14. The minimum Gasteiger partial charge on any atom is -0.350 e. The molecule has 3 nitrogen and oxygen atoms in total. The zero-order valence-electron chi connectivity index (χ0n) is 17.2. The molecule has 4 aromatic rings. The predicted molar refractivity (Wildman–Crippen MR) is 123 cm³/mol. The lowest BCUT2D eigenvalue weighted by atomic mass is 10.00. The van der Waals surface area contributed by atoms with Gasteiger partial charge in [0, 0.05) is 41.8 Å². The van der Waals surface area contributed by atoms with Crippen molar-refractivity contribution in [3.05, 3.63) is 88.5 Å². The van der Waals surface area contributed by atoms with Crippen molar-refractivity contribution in [3.63, 3.8) is 0 Å². The summed E-state index contributed by atoms with van der Waals surface area (Å²) in [5.41, 5.74) is 7.16. The maximum Gasteiger partial charge on any atom is 0.153 e. The fourth-order valence-corrected chi connectivity index (χ4v) is 4.91. The van der Waals surface area contributed by atoms with Crippen LogP contribution in [-0.4, -0.2) is 16.1 Å². The van der Waals surface area contributed by atoms with Crippen LogP contribution in [0.1, 0.15) is 27.9 Å². The van der Waals surface area contributed by atoms with Crippen LogP contribution in [0.4, 0.5) is 10.2 Å². The van der Waals surface area contributed by atoms with E-state index in [1.165, 1.54) is 22.8 Å². The Balaban J connectivity index is 1.66. The fraction of sp³-hybridized carbons (Fsp3) is 0.240. The minimum absolute atomic E-state index is 0.209. The highest BCUT2D eigenvalue weighted by atomic mass is 32.1. The average molecular weight is 418 g/mol. The van der Waals surface area contributed by atoms with Gasteiger partial charge in [-0.25, -0.2) is 9.37 Å². The van der Waals surface area contributed by atoms with Gasteiger partial charge in [0.05, 0.1) is 5.52 Å². The van der Waals surface area contributed by atoms with E-state index in [1.54, 1.807) is 12.1 Å². The third kappa shape index (κ3) is 3.18. The zero-order valence-corrected chi connectivity index (χ0v) is 18.1. The number of hydrogen-bond acceptors (Lipinski definition) is 3. The maximum absolute atomic E-state index is 13.8. The lowest BCUT2D eigenvalue weighted by molar-refractivity contribution is 0.623. The highest BCUT2D eigenvalue weighted by Gasteiger charge is 2.24. The van der Waals surface area contributed by atoms with Gasteiger partial charge in [-0.2, -0.15) is 0 Å². The van der Waals surface area contributed by atoms with Crippen LogP contribution in [0.25, 0.3) is 10.9 Å². The molecule has 0 aliphatic carbocycles. The van der Waals surface area contributed by atoms with E-state index in [1.807, 2.05) is 12.3 Å². The quantitative estimate of drug-likeness (QED) is 0.432. The van der Waals surface area contributed by atoms with Crippen LogP contribution in [0.15, 0.2) is 59.6 Å². The summed E-state index contributed by atoms with van der Waals surface area (Å²) in [6.45, 7) is 6.62. The second-order valence-corrected chi connectivity index (χ2v) is 8.54. The van der Waals surface area contributed by atoms with Gasteiger partial charge in [0.2, 0.25) is 0 Å². The van der Waals surface area contributed by atoms with Crippen molar-refractivity contribution in [2.75, 3.05) is 11.4 Å². The monoisotopic (exact) mass is 417 g/mol. The lowest BCUT2D eigenvalue weighted by Crippen LogP contribution is -2.31. The molecule has 0 saturated heterocycles. The molecular formula is C25H24FN3S. The molecule has 1 aliphatic rings. The summed E-state index contributed by atoms with van der Waals surface area (Å²) in [5.74, 6) is 0.768. The first-order chi connectivity index (χ1) is 14.5. The number of benzene rings is 2. The van der Waals surface area contributed by atoms with Crippen LogP contribution in [-0.2, 0) is 19.5 Å². The first-order valence-electron chi connectivity index (χ1n) is 10.3. The molecule has 0 bridgehead atoms. The van der Waals surface area contributed by atoms with Crippen LogP contribution >= 0.6 is 12.6 Å². The molecule has 0 amide bonds. The third-order valence-corrected chi connectivity index (χ3v) is 6.61. The van der Waals surface area contributed by atoms with Gasteiger partial charge < -0.3 is 9.47 Å². The van der Waals surface area contributed by atoms with E-state index in [0.29, 0.717) is 6.54 Å². The van der Waals surface area contributed by atoms with Gasteiger partial charge >= 0.3 is 0 Å². The van der Waals surface area contributed by atoms with E-state index in [4.69, 9.17) is 17.6 Å².